The highest BCUT2D eigenvalue weighted by Crippen LogP contribution is 2.21. The molecule has 0 bridgehead atoms. The average molecular weight is 255 g/mol. The van der Waals surface area contributed by atoms with Crippen LogP contribution in [-0.2, 0) is 4.79 Å². The lowest BCUT2D eigenvalue weighted by Crippen LogP contribution is -2.11. The van der Waals surface area contributed by atoms with Crippen molar-refractivity contribution in [3.05, 3.63) is 36.1 Å². The van der Waals surface area contributed by atoms with Gasteiger partial charge in [-0.15, -0.1) is 11.6 Å². The standard InChI is InChI=1S/C11H8ClFN2O2/c12-6-10(16)14-11-5-9(15-17-11)7-1-3-8(13)4-2-7/h1-5H,6H2,(H,14,16). The third-order valence-corrected chi connectivity index (χ3v) is 2.28. The Morgan fingerprint density at radius 1 is 1.41 bits per heavy atom. The molecule has 1 heterocycles. The number of hydrogen-bond acceptors (Lipinski definition) is 3. The van der Waals surface area contributed by atoms with E-state index in [1.165, 1.54) is 18.2 Å². The van der Waals surface area contributed by atoms with E-state index in [9.17, 15) is 9.18 Å². The van der Waals surface area contributed by atoms with Gasteiger partial charge in [0.2, 0.25) is 11.8 Å². The lowest BCUT2D eigenvalue weighted by atomic mass is 10.1. The number of hydrogen-bond donors (Lipinski definition) is 1. The monoisotopic (exact) mass is 254 g/mol. The molecule has 1 aromatic carbocycles. The Balaban J connectivity index is 2.18. The second-order valence-electron chi connectivity index (χ2n) is 3.27. The average Bonchev–Trinajstić information content (AvgIpc) is 2.78. The van der Waals surface area contributed by atoms with Crippen molar-refractivity contribution in [2.75, 3.05) is 11.2 Å². The Bertz CT molecular complexity index is 525. The maximum absolute atomic E-state index is 12.7. The van der Waals surface area contributed by atoms with Gasteiger partial charge in [-0.05, 0) is 24.3 Å². The van der Waals surface area contributed by atoms with Crippen LogP contribution in [0.1, 0.15) is 0 Å². The third kappa shape index (κ3) is 2.82. The molecule has 0 atom stereocenters. The lowest BCUT2D eigenvalue weighted by Gasteiger charge is -1.94. The van der Waals surface area contributed by atoms with Crippen molar-refractivity contribution in [1.82, 2.24) is 5.16 Å². The number of alkyl halides is 1. The summed E-state index contributed by atoms with van der Waals surface area (Å²) in [7, 11) is 0. The quantitative estimate of drug-likeness (QED) is 0.857. The molecule has 1 amide bonds. The van der Waals surface area contributed by atoms with Gasteiger partial charge in [0.25, 0.3) is 0 Å². The Morgan fingerprint density at radius 3 is 2.76 bits per heavy atom. The van der Waals surface area contributed by atoms with Crippen molar-refractivity contribution in [1.29, 1.82) is 0 Å². The van der Waals surface area contributed by atoms with Gasteiger partial charge in [-0.25, -0.2) is 4.39 Å². The smallest absolute Gasteiger partial charge is 0.241 e. The summed E-state index contributed by atoms with van der Waals surface area (Å²) in [5, 5.41) is 6.17. The van der Waals surface area contributed by atoms with E-state index in [0.717, 1.165) is 0 Å². The number of carbonyl (C=O) groups excluding carboxylic acids is 1. The topological polar surface area (TPSA) is 55.1 Å². The molecule has 6 heteroatoms. The van der Waals surface area contributed by atoms with Crippen LogP contribution >= 0.6 is 11.6 Å². The zero-order valence-electron chi connectivity index (χ0n) is 8.61. The summed E-state index contributed by atoms with van der Waals surface area (Å²) in [6.45, 7) is 0. The molecule has 1 N–H and O–H groups in total. The van der Waals surface area contributed by atoms with E-state index >= 15 is 0 Å². The zero-order chi connectivity index (χ0) is 12.3. The number of nitrogens with one attached hydrogen (secondary N) is 1. The molecule has 4 nitrogen and oxygen atoms in total. The molecule has 0 saturated heterocycles. The normalized spacial score (nSPS) is 10.2. The van der Waals surface area contributed by atoms with Gasteiger partial charge in [0.1, 0.15) is 17.4 Å². The van der Waals surface area contributed by atoms with Gasteiger partial charge in [-0.2, -0.15) is 0 Å². The lowest BCUT2D eigenvalue weighted by molar-refractivity contribution is -0.114. The van der Waals surface area contributed by atoms with Crippen LogP contribution in [0.2, 0.25) is 0 Å². The van der Waals surface area contributed by atoms with Gasteiger partial charge in [0.15, 0.2) is 0 Å². The van der Waals surface area contributed by atoms with Crippen LogP contribution in [0.4, 0.5) is 10.3 Å². The van der Waals surface area contributed by atoms with Gasteiger partial charge in [-0.1, -0.05) is 5.16 Å². The minimum atomic E-state index is -0.381. The second kappa shape index (κ2) is 4.97. The van der Waals surface area contributed by atoms with E-state index in [0.29, 0.717) is 11.3 Å². The van der Waals surface area contributed by atoms with Crippen molar-refractivity contribution in [3.63, 3.8) is 0 Å². The molecule has 0 saturated carbocycles. The van der Waals surface area contributed by atoms with Crippen molar-refractivity contribution in [2.24, 2.45) is 0 Å². The molecule has 88 valence electrons. The highest BCUT2D eigenvalue weighted by Gasteiger charge is 2.08. The van der Waals surface area contributed by atoms with Gasteiger partial charge < -0.3 is 4.52 Å². The molecule has 0 aliphatic heterocycles. The number of benzene rings is 1. The maximum atomic E-state index is 12.7. The van der Waals surface area contributed by atoms with Crippen LogP contribution in [0.15, 0.2) is 34.9 Å². The van der Waals surface area contributed by atoms with Crippen LogP contribution in [0.25, 0.3) is 11.3 Å². The number of halogens is 2. The fourth-order valence-corrected chi connectivity index (χ4v) is 1.33. The number of rotatable bonds is 3. The largest absolute Gasteiger partial charge is 0.338 e. The minimum Gasteiger partial charge on any atom is -0.338 e. The molecule has 0 radical (unpaired) electrons. The first kappa shape index (κ1) is 11.6. The molecule has 0 spiro atoms. The molecule has 0 unspecified atom stereocenters. The predicted octanol–water partition coefficient (Wildman–Crippen LogP) is 2.66. The van der Waals surface area contributed by atoms with E-state index in [1.807, 2.05) is 0 Å². The van der Waals surface area contributed by atoms with Crippen molar-refractivity contribution >= 4 is 23.4 Å². The molecular weight excluding hydrogens is 247 g/mol. The van der Waals surface area contributed by atoms with Gasteiger partial charge in [0, 0.05) is 11.6 Å². The predicted molar refractivity (Wildman–Crippen MR) is 61.2 cm³/mol. The van der Waals surface area contributed by atoms with Crippen molar-refractivity contribution in [2.45, 2.75) is 0 Å². The summed E-state index contributed by atoms with van der Waals surface area (Å²) in [5.41, 5.74) is 1.20. The first-order valence-corrected chi connectivity index (χ1v) is 5.31. The number of amides is 1. The number of anilines is 1. The SMILES string of the molecule is O=C(CCl)Nc1cc(-c2ccc(F)cc2)no1. The van der Waals surface area contributed by atoms with Crippen LogP contribution < -0.4 is 5.32 Å². The molecule has 0 fully saturated rings. The van der Waals surface area contributed by atoms with Crippen LogP contribution in [0.3, 0.4) is 0 Å². The Labute approximate surface area is 101 Å². The van der Waals surface area contributed by atoms with E-state index in [4.69, 9.17) is 16.1 Å². The summed E-state index contributed by atoms with van der Waals surface area (Å²) in [5.74, 6) is -0.664. The highest BCUT2D eigenvalue weighted by atomic mass is 35.5. The fraction of sp³-hybridized carbons (Fsp3) is 0.0909. The Morgan fingerprint density at radius 2 is 2.12 bits per heavy atom. The van der Waals surface area contributed by atoms with Gasteiger partial charge in [0.05, 0.1) is 0 Å². The number of carbonyl (C=O) groups is 1. The van der Waals surface area contributed by atoms with Gasteiger partial charge >= 0.3 is 0 Å². The first-order valence-electron chi connectivity index (χ1n) is 4.77. The summed E-state index contributed by atoms with van der Waals surface area (Å²) >= 11 is 5.33. The minimum absolute atomic E-state index is 0.160. The molecule has 2 rings (SSSR count). The van der Waals surface area contributed by atoms with Crippen molar-refractivity contribution in [3.8, 4) is 11.3 Å². The Kier molecular flexibility index (Phi) is 3.39. The molecule has 1 aromatic heterocycles. The number of nitrogens with zero attached hydrogens (tertiary/aromatic N) is 1. The molecule has 2 aromatic rings. The molecule has 0 aliphatic rings. The third-order valence-electron chi connectivity index (χ3n) is 2.03. The summed E-state index contributed by atoms with van der Waals surface area (Å²) in [6, 6.07) is 7.32. The Hall–Kier alpha value is -1.88. The zero-order valence-corrected chi connectivity index (χ0v) is 9.37. The van der Waals surface area contributed by atoms with E-state index in [-0.39, 0.29) is 23.5 Å². The summed E-state index contributed by atoms with van der Waals surface area (Å²) < 4.78 is 17.6. The van der Waals surface area contributed by atoms with Crippen LogP contribution in [0.5, 0.6) is 0 Å². The fourth-order valence-electron chi connectivity index (χ4n) is 1.26. The van der Waals surface area contributed by atoms with Crippen LogP contribution in [0, 0.1) is 5.82 Å². The van der Waals surface area contributed by atoms with Crippen molar-refractivity contribution < 1.29 is 13.7 Å². The molecule has 17 heavy (non-hydrogen) atoms. The van der Waals surface area contributed by atoms with Gasteiger partial charge in [-0.3, -0.25) is 10.1 Å². The van der Waals surface area contributed by atoms with Crippen LogP contribution in [-0.4, -0.2) is 16.9 Å². The van der Waals surface area contributed by atoms with E-state index < -0.39 is 0 Å². The number of aromatic nitrogens is 1. The molecule has 0 aliphatic carbocycles. The maximum Gasteiger partial charge on any atom is 0.241 e. The highest BCUT2D eigenvalue weighted by molar-refractivity contribution is 6.28. The van der Waals surface area contributed by atoms with E-state index in [2.05, 4.69) is 10.5 Å². The molecular formula is C11H8ClFN2O2. The summed E-state index contributed by atoms with van der Waals surface area (Å²) in [4.78, 5) is 11.0. The first-order chi connectivity index (χ1) is 8.19. The summed E-state index contributed by atoms with van der Waals surface area (Å²) in [6.07, 6.45) is 0. The van der Waals surface area contributed by atoms with E-state index in [1.54, 1.807) is 12.1 Å². The second-order valence-corrected chi connectivity index (χ2v) is 3.53.